The van der Waals surface area contributed by atoms with Gasteiger partial charge >= 0.3 is 18.2 Å². The highest BCUT2D eigenvalue weighted by atomic mass is 19.4. The molecule has 3 heterocycles. The van der Waals surface area contributed by atoms with Gasteiger partial charge in [-0.2, -0.15) is 13.2 Å². The summed E-state index contributed by atoms with van der Waals surface area (Å²) in [7, 11) is 0. The van der Waals surface area contributed by atoms with Gasteiger partial charge < -0.3 is 20.1 Å². The van der Waals surface area contributed by atoms with Gasteiger partial charge in [0, 0.05) is 44.0 Å². The van der Waals surface area contributed by atoms with Crippen LogP contribution >= 0.6 is 0 Å². The van der Waals surface area contributed by atoms with Crippen LogP contribution in [0.4, 0.5) is 18.0 Å². The van der Waals surface area contributed by atoms with Crippen molar-refractivity contribution in [3.63, 3.8) is 0 Å². The Labute approximate surface area is 176 Å². The van der Waals surface area contributed by atoms with E-state index in [9.17, 15) is 18.0 Å². The highest BCUT2D eigenvalue weighted by Crippen LogP contribution is 2.22. The van der Waals surface area contributed by atoms with Crippen molar-refractivity contribution >= 4 is 12.0 Å². The van der Waals surface area contributed by atoms with Gasteiger partial charge in [0.1, 0.15) is 6.33 Å². The highest BCUT2D eigenvalue weighted by Gasteiger charge is 2.38. The van der Waals surface area contributed by atoms with E-state index in [1.54, 1.807) is 12.4 Å². The minimum absolute atomic E-state index is 0.0717. The fourth-order valence-electron chi connectivity index (χ4n) is 2.75. The zero-order chi connectivity index (χ0) is 22.9. The van der Waals surface area contributed by atoms with Crippen molar-refractivity contribution in [2.24, 2.45) is 0 Å². The van der Waals surface area contributed by atoms with Gasteiger partial charge in [0.25, 0.3) is 0 Å². The van der Waals surface area contributed by atoms with Crippen molar-refractivity contribution in [1.29, 1.82) is 0 Å². The van der Waals surface area contributed by atoms with Gasteiger partial charge in [-0.3, -0.25) is 4.98 Å². The molecule has 1 aliphatic rings. The SMILES string of the molecule is CCOc1ncnc2c1CCN(C(=O)NCc1cccnc1)CC2.O=C(O)C(F)(F)F. The first-order valence-electron chi connectivity index (χ1n) is 9.39. The molecule has 2 aromatic heterocycles. The number of amides is 2. The molecule has 3 rings (SSSR count). The number of rotatable bonds is 4. The number of hydrogen-bond acceptors (Lipinski definition) is 6. The Balaban J connectivity index is 0.000000423. The zero-order valence-electron chi connectivity index (χ0n) is 16.7. The van der Waals surface area contributed by atoms with Gasteiger partial charge in [0.05, 0.1) is 12.3 Å². The number of pyridine rings is 1. The minimum Gasteiger partial charge on any atom is -0.478 e. The number of halogens is 3. The Morgan fingerprint density at radius 3 is 2.58 bits per heavy atom. The Morgan fingerprint density at radius 2 is 1.97 bits per heavy atom. The van der Waals surface area contributed by atoms with Crippen LogP contribution in [0.5, 0.6) is 5.88 Å². The molecular weight excluding hydrogens is 419 g/mol. The summed E-state index contributed by atoms with van der Waals surface area (Å²) in [6.45, 7) is 4.23. The van der Waals surface area contributed by atoms with Crippen molar-refractivity contribution in [2.45, 2.75) is 32.5 Å². The van der Waals surface area contributed by atoms with Crippen molar-refractivity contribution in [3.05, 3.63) is 47.7 Å². The summed E-state index contributed by atoms with van der Waals surface area (Å²) in [5, 5.41) is 10.1. The first-order chi connectivity index (χ1) is 14.7. The fraction of sp³-hybridized carbons (Fsp3) is 0.421. The van der Waals surface area contributed by atoms with Crippen molar-refractivity contribution < 1.29 is 32.6 Å². The number of carboxylic acids is 1. The summed E-state index contributed by atoms with van der Waals surface area (Å²) in [5.74, 6) is -2.12. The van der Waals surface area contributed by atoms with Crippen molar-refractivity contribution in [1.82, 2.24) is 25.2 Å². The predicted molar refractivity (Wildman–Crippen MR) is 102 cm³/mol. The molecule has 0 bridgehead atoms. The summed E-state index contributed by atoms with van der Waals surface area (Å²) >= 11 is 0. The molecule has 2 aromatic rings. The third kappa shape index (κ3) is 7.39. The van der Waals surface area contributed by atoms with Gasteiger partial charge in [-0.05, 0) is 25.0 Å². The van der Waals surface area contributed by atoms with E-state index in [1.165, 1.54) is 6.33 Å². The molecule has 2 N–H and O–H groups in total. The fourth-order valence-corrected chi connectivity index (χ4v) is 2.75. The molecule has 0 spiro atoms. The number of urea groups is 1. The second kappa shape index (κ2) is 11.1. The van der Waals surface area contributed by atoms with Gasteiger partial charge in [0.2, 0.25) is 5.88 Å². The quantitative estimate of drug-likeness (QED) is 0.747. The molecule has 0 saturated carbocycles. The van der Waals surface area contributed by atoms with E-state index >= 15 is 0 Å². The average molecular weight is 441 g/mol. The molecule has 0 fully saturated rings. The standard InChI is InChI=1S/C17H21N5O2.C2HF3O2/c1-2-24-16-14-5-8-22(9-6-15(14)20-12-21-16)17(23)19-11-13-4-3-7-18-10-13;3-2(4,5)1(6)7/h3-4,7,10,12H,2,5-6,8-9,11H2,1H3,(H,19,23);(H,6,7). The first kappa shape index (κ1) is 23.8. The maximum atomic E-state index is 12.4. The Hall–Kier alpha value is -3.44. The van der Waals surface area contributed by atoms with Gasteiger partial charge in [0.15, 0.2) is 0 Å². The topological polar surface area (TPSA) is 118 Å². The molecular formula is C19H22F3N5O4. The molecule has 0 atom stereocenters. The van der Waals surface area contributed by atoms with E-state index in [4.69, 9.17) is 14.6 Å². The summed E-state index contributed by atoms with van der Waals surface area (Å²) in [4.78, 5) is 35.7. The number of nitrogens with zero attached hydrogens (tertiary/aromatic N) is 4. The van der Waals surface area contributed by atoms with Gasteiger partial charge in [-0.15, -0.1) is 0 Å². The smallest absolute Gasteiger partial charge is 0.478 e. The number of aliphatic carboxylic acids is 1. The first-order valence-corrected chi connectivity index (χ1v) is 9.39. The van der Waals surface area contributed by atoms with Crippen LogP contribution in [0.15, 0.2) is 30.9 Å². The molecule has 0 unspecified atom stereocenters. The number of fused-ring (bicyclic) bond motifs is 1. The largest absolute Gasteiger partial charge is 0.490 e. The molecule has 0 radical (unpaired) electrons. The molecule has 1 aliphatic heterocycles. The Kier molecular flexibility index (Phi) is 8.53. The van der Waals surface area contributed by atoms with Crippen LogP contribution in [0.3, 0.4) is 0 Å². The lowest BCUT2D eigenvalue weighted by Crippen LogP contribution is -2.41. The van der Waals surface area contributed by atoms with Crippen molar-refractivity contribution in [2.75, 3.05) is 19.7 Å². The number of alkyl halides is 3. The van der Waals surface area contributed by atoms with Crippen LogP contribution in [-0.4, -0.2) is 62.8 Å². The third-order valence-electron chi connectivity index (χ3n) is 4.22. The monoisotopic (exact) mass is 441 g/mol. The second-order valence-electron chi connectivity index (χ2n) is 6.35. The number of aromatic nitrogens is 3. The molecule has 9 nitrogen and oxygen atoms in total. The van der Waals surface area contributed by atoms with Crippen LogP contribution < -0.4 is 10.1 Å². The Morgan fingerprint density at radius 1 is 1.26 bits per heavy atom. The number of carbonyl (C=O) groups is 2. The molecule has 12 heteroatoms. The zero-order valence-corrected chi connectivity index (χ0v) is 16.7. The van der Waals surface area contributed by atoms with Gasteiger partial charge in [-0.25, -0.2) is 19.6 Å². The van der Waals surface area contributed by atoms with Crippen LogP contribution in [0.2, 0.25) is 0 Å². The lowest BCUT2D eigenvalue weighted by molar-refractivity contribution is -0.192. The van der Waals surface area contributed by atoms with E-state index in [2.05, 4.69) is 20.3 Å². The van der Waals surface area contributed by atoms with E-state index in [0.29, 0.717) is 45.0 Å². The average Bonchev–Trinajstić information content (AvgIpc) is 2.96. The number of ether oxygens (including phenoxy) is 1. The molecule has 0 aliphatic carbocycles. The summed E-state index contributed by atoms with van der Waals surface area (Å²) in [6, 6.07) is 3.73. The van der Waals surface area contributed by atoms with Crippen LogP contribution in [0.1, 0.15) is 23.7 Å². The molecule has 0 saturated heterocycles. The Bertz CT molecular complexity index is 881. The minimum atomic E-state index is -5.08. The van der Waals surface area contributed by atoms with Gasteiger partial charge in [-0.1, -0.05) is 6.07 Å². The maximum Gasteiger partial charge on any atom is 0.490 e. The number of carbonyl (C=O) groups excluding carboxylic acids is 1. The summed E-state index contributed by atoms with van der Waals surface area (Å²) in [5.41, 5.74) is 2.96. The molecule has 2 amide bonds. The number of hydrogen-bond donors (Lipinski definition) is 2. The summed E-state index contributed by atoms with van der Waals surface area (Å²) < 4.78 is 37.3. The lowest BCUT2D eigenvalue weighted by Gasteiger charge is -2.20. The van der Waals surface area contributed by atoms with E-state index < -0.39 is 12.1 Å². The maximum absolute atomic E-state index is 12.4. The lowest BCUT2D eigenvalue weighted by atomic mass is 10.1. The van der Waals surface area contributed by atoms with E-state index in [0.717, 1.165) is 16.8 Å². The van der Waals surface area contributed by atoms with Crippen LogP contribution in [0, 0.1) is 0 Å². The van der Waals surface area contributed by atoms with Crippen LogP contribution in [-0.2, 0) is 24.2 Å². The third-order valence-corrected chi connectivity index (χ3v) is 4.22. The normalized spacial score (nSPS) is 13.2. The number of nitrogens with one attached hydrogen (secondary N) is 1. The van der Waals surface area contributed by atoms with Crippen LogP contribution in [0.25, 0.3) is 0 Å². The van der Waals surface area contributed by atoms with E-state index in [-0.39, 0.29) is 6.03 Å². The van der Waals surface area contributed by atoms with E-state index in [1.807, 2.05) is 24.0 Å². The molecule has 0 aromatic carbocycles. The second-order valence-corrected chi connectivity index (χ2v) is 6.35. The highest BCUT2D eigenvalue weighted by molar-refractivity contribution is 5.74. The number of carboxylic acid groups (broad SMARTS) is 1. The summed E-state index contributed by atoms with van der Waals surface area (Å²) in [6.07, 6.45) is 1.32. The predicted octanol–water partition coefficient (Wildman–Crippen LogP) is 2.21. The molecule has 31 heavy (non-hydrogen) atoms. The van der Waals surface area contributed by atoms with Crippen molar-refractivity contribution in [3.8, 4) is 5.88 Å². The molecule has 168 valence electrons.